The fourth-order valence-electron chi connectivity index (χ4n) is 3.74. The molecule has 0 aliphatic carbocycles. The highest BCUT2D eigenvalue weighted by atomic mass is 16.5. The lowest BCUT2D eigenvalue weighted by molar-refractivity contribution is 0.0919. The maximum Gasteiger partial charge on any atom is 0.287 e. The van der Waals surface area contributed by atoms with E-state index in [-0.39, 0.29) is 18.3 Å². The minimum absolute atomic E-state index is 0.204. The van der Waals surface area contributed by atoms with Gasteiger partial charge in [0.15, 0.2) is 17.3 Å². The molecule has 32 heavy (non-hydrogen) atoms. The van der Waals surface area contributed by atoms with Crippen LogP contribution in [0.2, 0.25) is 0 Å². The molecule has 7 nitrogen and oxygen atoms in total. The van der Waals surface area contributed by atoms with Gasteiger partial charge in [-0.25, -0.2) is 4.98 Å². The van der Waals surface area contributed by atoms with Crippen LogP contribution in [0.1, 0.15) is 47.6 Å². The third-order valence-electron chi connectivity index (χ3n) is 5.52. The Hall–Kier alpha value is -3.48. The van der Waals surface area contributed by atoms with E-state index in [2.05, 4.69) is 15.2 Å². The van der Waals surface area contributed by atoms with Crippen LogP contribution >= 0.6 is 0 Å². The van der Waals surface area contributed by atoms with Gasteiger partial charge in [0.1, 0.15) is 18.2 Å². The van der Waals surface area contributed by atoms with E-state index in [0.29, 0.717) is 23.8 Å². The molecule has 1 N–H and O–H groups in total. The van der Waals surface area contributed by atoms with Gasteiger partial charge in [0, 0.05) is 25.8 Å². The molecule has 1 fully saturated rings. The number of methoxy groups -OCH3 is 1. The molecule has 1 saturated heterocycles. The summed E-state index contributed by atoms with van der Waals surface area (Å²) >= 11 is 0. The molecule has 168 valence electrons. The Kier molecular flexibility index (Phi) is 7.27. The van der Waals surface area contributed by atoms with E-state index < -0.39 is 0 Å². The summed E-state index contributed by atoms with van der Waals surface area (Å²) in [7, 11) is 1.59. The van der Waals surface area contributed by atoms with Gasteiger partial charge in [-0.05, 0) is 48.7 Å². The smallest absolute Gasteiger partial charge is 0.287 e. The quantitative estimate of drug-likeness (QED) is 0.558. The Labute approximate surface area is 188 Å². The number of rotatable bonds is 8. The third-order valence-corrected chi connectivity index (χ3v) is 5.52. The van der Waals surface area contributed by atoms with Crippen molar-refractivity contribution in [3.8, 4) is 11.5 Å². The summed E-state index contributed by atoms with van der Waals surface area (Å²) < 4.78 is 16.7. The number of hydrogen-bond acceptors (Lipinski definition) is 6. The molecule has 1 amide bonds. The number of hydrogen-bond donors (Lipinski definition) is 1. The number of benzene rings is 1. The number of carbonyl (C=O) groups is 1. The van der Waals surface area contributed by atoms with E-state index in [4.69, 9.17) is 13.9 Å². The second kappa shape index (κ2) is 10.7. The first kappa shape index (κ1) is 21.7. The van der Waals surface area contributed by atoms with Gasteiger partial charge in [-0.15, -0.1) is 0 Å². The van der Waals surface area contributed by atoms with Gasteiger partial charge in [-0.3, -0.25) is 4.79 Å². The predicted octanol–water partition coefficient (Wildman–Crippen LogP) is 4.57. The first-order valence-corrected chi connectivity index (χ1v) is 11.1. The number of para-hydroxylation sites is 2. The monoisotopic (exact) mass is 435 g/mol. The van der Waals surface area contributed by atoms with E-state index in [9.17, 15) is 4.79 Å². The molecule has 2 aromatic heterocycles. The van der Waals surface area contributed by atoms with Crippen LogP contribution in [0.5, 0.6) is 11.5 Å². The zero-order valence-electron chi connectivity index (χ0n) is 18.4. The average molecular weight is 436 g/mol. The Morgan fingerprint density at radius 2 is 1.81 bits per heavy atom. The van der Waals surface area contributed by atoms with E-state index >= 15 is 0 Å². The van der Waals surface area contributed by atoms with Crippen LogP contribution in [-0.4, -0.2) is 31.1 Å². The van der Waals surface area contributed by atoms with Crippen LogP contribution < -0.4 is 19.7 Å². The van der Waals surface area contributed by atoms with Crippen LogP contribution in [-0.2, 0) is 13.2 Å². The fourth-order valence-corrected chi connectivity index (χ4v) is 3.74. The summed E-state index contributed by atoms with van der Waals surface area (Å²) in [5.41, 5.74) is 0.947. The number of furan rings is 1. The number of amides is 1. The maximum absolute atomic E-state index is 12.5. The molecule has 0 bridgehead atoms. The molecular weight excluding hydrogens is 406 g/mol. The number of nitrogens with one attached hydrogen (secondary N) is 1. The summed E-state index contributed by atoms with van der Waals surface area (Å²) in [6.07, 6.45) is 6.85. The zero-order chi connectivity index (χ0) is 22.2. The standard InChI is InChI=1S/C25H29N3O4/c1-30-21-8-4-5-9-22(21)31-18-20-11-12-23(32-20)25(29)27-17-19-10-13-24(26-16-19)28-14-6-2-3-7-15-28/h4-5,8-13,16H,2-3,6-7,14-15,17-18H2,1H3,(H,27,29). The Morgan fingerprint density at radius 1 is 1.03 bits per heavy atom. The van der Waals surface area contributed by atoms with Crippen molar-refractivity contribution in [2.24, 2.45) is 0 Å². The van der Waals surface area contributed by atoms with E-state index in [1.54, 1.807) is 19.2 Å². The number of carbonyl (C=O) groups excluding carboxylic acids is 1. The molecule has 0 spiro atoms. The van der Waals surface area contributed by atoms with Gasteiger partial charge in [0.05, 0.1) is 7.11 Å². The lowest BCUT2D eigenvalue weighted by atomic mass is 10.2. The number of ether oxygens (including phenoxy) is 2. The van der Waals surface area contributed by atoms with Crippen molar-refractivity contribution in [2.75, 3.05) is 25.1 Å². The first-order chi connectivity index (χ1) is 15.7. The van der Waals surface area contributed by atoms with Crippen LogP contribution in [0.4, 0.5) is 5.82 Å². The maximum atomic E-state index is 12.5. The van der Waals surface area contributed by atoms with Gasteiger partial charge >= 0.3 is 0 Å². The Bertz CT molecular complexity index is 1010. The molecule has 1 aliphatic heterocycles. The molecule has 3 aromatic rings. The summed E-state index contributed by atoms with van der Waals surface area (Å²) in [4.78, 5) is 19.4. The van der Waals surface area contributed by atoms with Gasteiger partial charge < -0.3 is 24.1 Å². The van der Waals surface area contributed by atoms with Crippen LogP contribution in [0.15, 0.2) is 59.1 Å². The van der Waals surface area contributed by atoms with Gasteiger partial charge in [0.2, 0.25) is 0 Å². The largest absolute Gasteiger partial charge is 0.493 e. The molecule has 4 rings (SSSR count). The van der Waals surface area contributed by atoms with E-state index in [0.717, 1.165) is 24.5 Å². The molecular formula is C25H29N3O4. The van der Waals surface area contributed by atoms with E-state index in [1.807, 2.05) is 42.6 Å². The van der Waals surface area contributed by atoms with Crippen molar-refractivity contribution in [2.45, 2.75) is 38.8 Å². The number of pyridine rings is 1. The van der Waals surface area contributed by atoms with Crippen molar-refractivity contribution in [3.05, 3.63) is 71.8 Å². The van der Waals surface area contributed by atoms with Crippen molar-refractivity contribution in [1.82, 2.24) is 10.3 Å². The minimum atomic E-state index is -0.273. The van der Waals surface area contributed by atoms with E-state index in [1.165, 1.54) is 25.7 Å². The molecule has 1 aliphatic rings. The Balaban J connectivity index is 1.27. The zero-order valence-corrected chi connectivity index (χ0v) is 18.4. The van der Waals surface area contributed by atoms with Crippen molar-refractivity contribution >= 4 is 11.7 Å². The van der Waals surface area contributed by atoms with Crippen LogP contribution in [0.25, 0.3) is 0 Å². The lowest BCUT2D eigenvalue weighted by Gasteiger charge is -2.21. The van der Waals surface area contributed by atoms with Crippen LogP contribution in [0, 0.1) is 0 Å². The average Bonchev–Trinajstić information content (AvgIpc) is 3.15. The summed E-state index contributed by atoms with van der Waals surface area (Å²) in [5.74, 6) is 2.81. The first-order valence-electron chi connectivity index (χ1n) is 11.1. The highest BCUT2D eigenvalue weighted by Crippen LogP contribution is 2.27. The van der Waals surface area contributed by atoms with Gasteiger partial charge in [-0.2, -0.15) is 0 Å². The molecule has 0 saturated carbocycles. The SMILES string of the molecule is COc1ccccc1OCc1ccc(C(=O)NCc2ccc(N3CCCCCC3)nc2)o1. The second-order valence-electron chi connectivity index (χ2n) is 7.81. The molecule has 0 radical (unpaired) electrons. The van der Waals surface area contributed by atoms with Gasteiger partial charge in [-0.1, -0.05) is 31.0 Å². The second-order valence-corrected chi connectivity index (χ2v) is 7.81. The van der Waals surface area contributed by atoms with Crippen molar-refractivity contribution in [3.63, 3.8) is 0 Å². The third kappa shape index (κ3) is 5.60. The minimum Gasteiger partial charge on any atom is -0.493 e. The van der Waals surface area contributed by atoms with Gasteiger partial charge in [0.25, 0.3) is 5.91 Å². The number of nitrogens with zero attached hydrogens (tertiary/aromatic N) is 2. The molecule has 3 heterocycles. The summed E-state index contributed by atoms with van der Waals surface area (Å²) in [6.45, 7) is 2.71. The number of aromatic nitrogens is 1. The summed E-state index contributed by atoms with van der Waals surface area (Å²) in [5, 5.41) is 2.88. The highest BCUT2D eigenvalue weighted by Gasteiger charge is 2.13. The Morgan fingerprint density at radius 3 is 2.53 bits per heavy atom. The lowest BCUT2D eigenvalue weighted by Crippen LogP contribution is -2.25. The van der Waals surface area contributed by atoms with Crippen molar-refractivity contribution in [1.29, 1.82) is 0 Å². The molecule has 0 atom stereocenters. The number of anilines is 1. The highest BCUT2D eigenvalue weighted by molar-refractivity contribution is 5.91. The fraction of sp³-hybridized carbons (Fsp3) is 0.360. The molecule has 1 aromatic carbocycles. The van der Waals surface area contributed by atoms with Crippen molar-refractivity contribution < 1.29 is 18.7 Å². The molecule has 0 unspecified atom stereocenters. The van der Waals surface area contributed by atoms with Crippen LogP contribution in [0.3, 0.4) is 0 Å². The summed E-state index contributed by atoms with van der Waals surface area (Å²) in [6, 6.07) is 14.8. The topological polar surface area (TPSA) is 76.8 Å². The predicted molar refractivity (Wildman–Crippen MR) is 122 cm³/mol. The molecule has 7 heteroatoms. The normalized spacial score (nSPS) is 14.0.